The molecule has 1 saturated heterocycles. The summed E-state index contributed by atoms with van der Waals surface area (Å²) in [7, 11) is 0. The SMILES string of the molecule is Nc1ccccc1CCCN1CCSCC1. The lowest BCUT2D eigenvalue weighted by atomic mass is 10.1. The maximum atomic E-state index is 5.92. The van der Waals surface area contributed by atoms with Gasteiger partial charge in [0.1, 0.15) is 0 Å². The Kier molecular flexibility index (Phi) is 4.55. The van der Waals surface area contributed by atoms with Crippen molar-refractivity contribution in [3.8, 4) is 0 Å². The first-order valence-corrected chi connectivity index (χ1v) is 7.15. The summed E-state index contributed by atoms with van der Waals surface area (Å²) < 4.78 is 0. The van der Waals surface area contributed by atoms with Crippen LogP contribution >= 0.6 is 11.8 Å². The van der Waals surface area contributed by atoms with Gasteiger partial charge in [-0.25, -0.2) is 0 Å². The van der Waals surface area contributed by atoms with E-state index in [9.17, 15) is 0 Å². The molecule has 0 bridgehead atoms. The van der Waals surface area contributed by atoms with E-state index in [-0.39, 0.29) is 0 Å². The normalized spacial score (nSPS) is 17.5. The van der Waals surface area contributed by atoms with Gasteiger partial charge in [-0.1, -0.05) is 18.2 Å². The summed E-state index contributed by atoms with van der Waals surface area (Å²) >= 11 is 2.07. The fraction of sp³-hybridized carbons (Fsp3) is 0.538. The summed E-state index contributed by atoms with van der Waals surface area (Å²) in [5, 5.41) is 0. The first-order chi connectivity index (χ1) is 7.86. The van der Waals surface area contributed by atoms with E-state index in [1.54, 1.807) is 0 Å². The monoisotopic (exact) mass is 236 g/mol. The second kappa shape index (κ2) is 6.16. The Morgan fingerprint density at radius 2 is 1.94 bits per heavy atom. The zero-order chi connectivity index (χ0) is 11.2. The Labute approximate surface area is 102 Å². The molecule has 1 aromatic rings. The molecular weight excluding hydrogens is 216 g/mol. The fourth-order valence-electron chi connectivity index (χ4n) is 2.08. The summed E-state index contributed by atoms with van der Waals surface area (Å²) in [6.45, 7) is 3.73. The molecule has 0 radical (unpaired) electrons. The molecule has 0 unspecified atom stereocenters. The van der Waals surface area contributed by atoms with E-state index in [0.29, 0.717) is 0 Å². The van der Waals surface area contributed by atoms with E-state index in [1.165, 1.54) is 43.1 Å². The molecule has 0 spiro atoms. The third-order valence-electron chi connectivity index (χ3n) is 3.08. The molecule has 1 aromatic carbocycles. The second-order valence-electron chi connectivity index (χ2n) is 4.26. The van der Waals surface area contributed by atoms with Crippen molar-refractivity contribution >= 4 is 17.4 Å². The lowest BCUT2D eigenvalue weighted by molar-refractivity contribution is 0.299. The highest BCUT2D eigenvalue weighted by atomic mass is 32.2. The summed E-state index contributed by atoms with van der Waals surface area (Å²) in [5.74, 6) is 2.60. The molecule has 0 amide bonds. The molecule has 2 rings (SSSR count). The van der Waals surface area contributed by atoms with Crippen LogP contribution in [0.3, 0.4) is 0 Å². The Morgan fingerprint density at radius 1 is 1.19 bits per heavy atom. The van der Waals surface area contributed by atoms with Crippen molar-refractivity contribution in [1.29, 1.82) is 0 Å². The number of aryl methyl sites for hydroxylation is 1. The number of anilines is 1. The zero-order valence-electron chi connectivity index (χ0n) is 9.69. The highest BCUT2D eigenvalue weighted by Crippen LogP contribution is 2.14. The molecule has 88 valence electrons. The minimum Gasteiger partial charge on any atom is -0.399 e. The van der Waals surface area contributed by atoms with Crippen molar-refractivity contribution in [3.63, 3.8) is 0 Å². The zero-order valence-corrected chi connectivity index (χ0v) is 10.5. The fourth-order valence-corrected chi connectivity index (χ4v) is 3.06. The third kappa shape index (κ3) is 3.42. The van der Waals surface area contributed by atoms with Gasteiger partial charge in [-0.3, -0.25) is 0 Å². The van der Waals surface area contributed by atoms with Crippen LogP contribution in [0.5, 0.6) is 0 Å². The molecule has 2 nitrogen and oxygen atoms in total. The standard InChI is InChI=1S/C13H20N2S/c14-13-6-2-1-4-12(13)5-3-7-15-8-10-16-11-9-15/h1-2,4,6H,3,5,7-11,14H2. The van der Waals surface area contributed by atoms with Crippen LogP contribution in [-0.4, -0.2) is 36.0 Å². The number of benzene rings is 1. The van der Waals surface area contributed by atoms with Crippen molar-refractivity contribution in [2.45, 2.75) is 12.8 Å². The smallest absolute Gasteiger partial charge is 0.0346 e. The lowest BCUT2D eigenvalue weighted by Crippen LogP contribution is -2.33. The number of thioether (sulfide) groups is 1. The molecule has 1 aliphatic heterocycles. The van der Waals surface area contributed by atoms with Gasteiger partial charge in [-0.2, -0.15) is 11.8 Å². The van der Waals surface area contributed by atoms with Gasteiger partial charge < -0.3 is 10.6 Å². The van der Waals surface area contributed by atoms with Crippen molar-refractivity contribution < 1.29 is 0 Å². The highest BCUT2D eigenvalue weighted by Gasteiger charge is 2.09. The van der Waals surface area contributed by atoms with E-state index < -0.39 is 0 Å². The highest BCUT2D eigenvalue weighted by molar-refractivity contribution is 7.99. The van der Waals surface area contributed by atoms with Gasteiger partial charge in [0.05, 0.1) is 0 Å². The quantitative estimate of drug-likeness (QED) is 0.813. The topological polar surface area (TPSA) is 29.3 Å². The van der Waals surface area contributed by atoms with Gasteiger partial charge in [0, 0.05) is 30.3 Å². The molecule has 0 aliphatic carbocycles. The predicted octanol–water partition coefficient (Wildman–Crippen LogP) is 2.25. The van der Waals surface area contributed by atoms with Crippen LogP contribution in [0, 0.1) is 0 Å². The molecule has 2 N–H and O–H groups in total. The van der Waals surface area contributed by atoms with Gasteiger partial charge in [-0.15, -0.1) is 0 Å². The number of nitrogens with two attached hydrogens (primary N) is 1. The third-order valence-corrected chi connectivity index (χ3v) is 4.02. The molecular formula is C13H20N2S. The van der Waals surface area contributed by atoms with Crippen LogP contribution in [0.15, 0.2) is 24.3 Å². The van der Waals surface area contributed by atoms with Crippen LogP contribution < -0.4 is 5.73 Å². The Hall–Kier alpha value is -0.670. The van der Waals surface area contributed by atoms with Gasteiger partial charge in [0.15, 0.2) is 0 Å². The number of nitrogen functional groups attached to an aromatic ring is 1. The van der Waals surface area contributed by atoms with Gasteiger partial charge in [0.25, 0.3) is 0 Å². The number of nitrogens with zero attached hydrogens (tertiary/aromatic N) is 1. The summed E-state index contributed by atoms with van der Waals surface area (Å²) in [6, 6.07) is 8.21. The number of para-hydroxylation sites is 1. The molecule has 0 atom stereocenters. The molecule has 0 aromatic heterocycles. The van der Waals surface area contributed by atoms with Crippen molar-refractivity contribution in [2.24, 2.45) is 0 Å². The molecule has 3 heteroatoms. The average molecular weight is 236 g/mol. The minimum absolute atomic E-state index is 0.941. The molecule has 0 saturated carbocycles. The van der Waals surface area contributed by atoms with E-state index >= 15 is 0 Å². The number of hydrogen-bond donors (Lipinski definition) is 1. The second-order valence-corrected chi connectivity index (χ2v) is 5.48. The van der Waals surface area contributed by atoms with Crippen molar-refractivity contribution in [3.05, 3.63) is 29.8 Å². The van der Waals surface area contributed by atoms with E-state index in [4.69, 9.17) is 5.73 Å². The van der Waals surface area contributed by atoms with Crippen LogP contribution in [0.4, 0.5) is 5.69 Å². The minimum atomic E-state index is 0.941. The number of rotatable bonds is 4. The van der Waals surface area contributed by atoms with E-state index in [1.807, 2.05) is 12.1 Å². The summed E-state index contributed by atoms with van der Waals surface area (Å²) in [6.07, 6.45) is 2.33. The number of hydrogen-bond acceptors (Lipinski definition) is 3. The van der Waals surface area contributed by atoms with Crippen LogP contribution in [0.2, 0.25) is 0 Å². The Balaban J connectivity index is 1.73. The van der Waals surface area contributed by atoms with E-state index in [2.05, 4.69) is 28.8 Å². The predicted molar refractivity (Wildman–Crippen MR) is 72.9 cm³/mol. The molecule has 1 heterocycles. The van der Waals surface area contributed by atoms with Gasteiger partial charge in [0.2, 0.25) is 0 Å². The lowest BCUT2D eigenvalue weighted by Gasteiger charge is -2.26. The summed E-state index contributed by atoms with van der Waals surface area (Å²) in [5.41, 5.74) is 8.16. The molecule has 1 fully saturated rings. The van der Waals surface area contributed by atoms with Crippen LogP contribution in [0.25, 0.3) is 0 Å². The Bertz CT molecular complexity index is 321. The Morgan fingerprint density at radius 3 is 2.69 bits per heavy atom. The largest absolute Gasteiger partial charge is 0.399 e. The van der Waals surface area contributed by atoms with Crippen molar-refractivity contribution in [2.75, 3.05) is 36.9 Å². The van der Waals surface area contributed by atoms with Gasteiger partial charge in [-0.05, 0) is 31.0 Å². The first kappa shape index (κ1) is 11.8. The first-order valence-electron chi connectivity index (χ1n) is 6.00. The van der Waals surface area contributed by atoms with Crippen LogP contribution in [-0.2, 0) is 6.42 Å². The van der Waals surface area contributed by atoms with Crippen molar-refractivity contribution in [1.82, 2.24) is 4.90 Å². The maximum absolute atomic E-state index is 5.92. The average Bonchev–Trinajstić information content (AvgIpc) is 2.33. The molecule has 1 aliphatic rings. The summed E-state index contributed by atoms with van der Waals surface area (Å²) in [4.78, 5) is 2.57. The molecule has 16 heavy (non-hydrogen) atoms. The van der Waals surface area contributed by atoms with Crippen LogP contribution in [0.1, 0.15) is 12.0 Å². The van der Waals surface area contributed by atoms with E-state index in [0.717, 1.165) is 12.1 Å². The maximum Gasteiger partial charge on any atom is 0.0346 e. The van der Waals surface area contributed by atoms with Gasteiger partial charge >= 0.3 is 0 Å².